The Morgan fingerprint density at radius 3 is 2.45 bits per heavy atom. The Morgan fingerprint density at radius 1 is 1.14 bits per heavy atom. The number of anilines is 1. The molecule has 0 saturated heterocycles. The molecule has 0 unspecified atom stereocenters. The topological polar surface area (TPSA) is 111 Å². The maximum Gasteiger partial charge on any atom is 0.238 e. The molecule has 8 nitrogen and oxygen atoms in total. The van der Waals surface area contributed by atoms with Crippen LogP contribution in [0, 0.1) is 0 Å². The molecule has 3 N–H and O–H groups in total. The third-order valence-electron chi connectivity index (χ3n) is 4.78. The standard InChI is InChI=1S/C20H25N3O5S/c1-14(15-4-7-17(8-5-15)29(21,25)26)23(2)13-20(24)22-16-6-9-18-19(12-16)28-11-3-10-27-18/h4-9,12,14H,3,10-11,13H2,1-2H3,(H,22,24)(H2,21,25,26)/t14-/m0/s1. The third-order valence-corrected chi connectivity index (χ3v) is 5.71. The van der Waals surface area contributed by atoms with Crippen molar-refractivity contribution in [3.8, 4) is 11.5 Å². The summed E-state index contributed by atoms with van der Waals surface area (Å²) in [5.41, 5.74) is 1.51. The predicted molar refractivity (Wildman–Crippen MR) is 110 cm³/mol. The highest BCUT2D eigenvalue weighted by Gasteiger charge is 2.17. The van der Waals surface area contributed by atoms with Gasteiger partial charge in [0.1, 0.15) is 0 Å². The van der Waals surface area contributed by atoms with E-state index in [0.717, 1.165) is 12.0 Å². The van der Waals surface area contributed by atoms with Gasteiger partial charge >= 0.3 is 0 Å². The smallest absolute Gasteiger partial charge is 0.238 e. The van der Waals surface area contributed by atoms with Crippen LogP contribution < -0.4 is 19.9 Å². The van der Waals surface area contributed by atoms with Crippen LogP contribution in [0.5, 0.6) is 11.5 Å². The molecule has 0 saturated carbocycles. The van der Waals surface area contributed by atoms with Crippen LogP contribution in [-0.2, 0) is 14.8 Å². The fourth-order valence-electron chi connectivity index (χ4n) is 3.00. The lowest BCUT2D eigenvalue weighted by molar-refractivity contribution is -0.117. The van der Waals surface area contributed by atoms with E-state index in [1.54, 1.807) is 30.3 Å². The molecule has 0 aliphatic carbocycles. The highest BCUT2D eigenvalue weighted by Crippen LogP contribution is 2.32. The molecule has 2 aromatic carbocycles. The largest absolute Gasteiger partial charge is 0.490 e. The molecule has 2 aromatic rings. The lowest BCUT2D eigenvalue weighted by atomic mass is 10.1. The number of hydrogen-bond acceptors (Lipinski definition) is 6. The average molecular weight is 420 g/mol. The van der Waals surface area contributed by atoms with Gasteiger partial charge in [-0.2, -0.15) is 0 Å². The second kappa shape index (κ2) is 8.81. The van der Waals surface area contributed by atoms with Crippen LogP contribution in [0.15, 0.2) is 47.4 Å². The predicted octanol–water partition coefficient (Wildman–Crippen LogP) is 2.13. The van der Waals surface area contributed by atoms with Gasteiger partial charge in [0, 0.05) is 24.2 Å². The number of fused-ring (bicyclic) bond motifs is 1. The van der Waals surface area contributed by atoms with E-state index in [-0.39, 0.29) is 23.4 Å². The maximum atomic E-state index is 12.5. The highest BCUT2D eigenvalue weighted by atomic mass is 32.2. The quantitative estimate of drug-likeness (QED) is 0.742. The SMILES string of the molecule is C[C@@H](c1ccc(S(N)(=O)=O)cc1)N(C)CC(=O)Nc1ccc2c(c1)OCCCO2. The van der Waals surface area contributed by atoms with Crippen LogP contribution in [0.2, 0.25) is 0 Å². The van der Waals surface area contributed by atoms with Gasteiger partial charge in [0.2, 0.25) is 15.9 Å². The molecule has 3 rings (SSSR count). The fraction of sp³-hybridized carbons (Fsp3) is 0.350. The lowest BCUT2D eigenvalue weighted by Crippen LogP contribution is -2.32. The fourth-order valence-corrected chi connectivity index (χ4v) is 3.51. The summed E-state index contributed by atoms with van der Waals surface area (Å²) in [6.07, 6.45) is 0.817. The van der Waals surface area contributed by atoms with Gasteiger partial charge in [-0.1, -0.05) is 12.1 Å². The van der Waals surface area contributed by atoms with Gasteiger partial charge < -0.3 is 14.8 Å². The zero-order valence-electron chi connectivity index (χ0n) is 16.4. The van der Waals surface area contributed by atoms with Crippen molar-refractivity contribution in [3.63, 3.8) is 0 Å². The minimum absolute atomic E-state index is 0.0586. The number of benzene rings is 2. The molecular formula is C20H25N3O5S. The average Bonchev–Trinajstić information content (AvgIpc) is 2.91. The molecule has 0 spiro atoms. The zero-order chi connectivity index (χ0) is 21.0. The number of amides is 1. The van der Waals surface area contributed by atoms with Crippen LogP contribution in [0.1, 0.15) is 24.9 Å². The highest BCUT2D eigenvalue weighted by molar-refractivity contribution is 7.89. The first-order valence-electron chi connectivity index (χ1n) is 9.26. The number of hydrogen-bond donors (Lipinski definition) is 2. The second-order valence-corrected chi connectivity index (χ2v) is 8.53. The summed E-state index contributed by atoms with van der Waals surface area (Å²) in [5.74, 6) is 1.13. The van der Waals surface area contributed by atoms with Crippen LogP contribution in [-0.4, -0.2) is 46.0 Å². The normalized spacial score (nSPS) is 14.9. The Morgan fingerprint density at radius 2 is 1.79 bits per heavy atom. The molecular weight excluding hydrogens is 394 g/mol. The number of primary sulfonamides is 1. The first-order chi connectivity index (χ1) is 13.7. The van der Waals surface area contributed by atoms with Gasteiger partial charge in [-0.25, -0.2) is 13.6 Å². The van der Waals surface area contributed by atoms with Crippen LogP contribution in [0.25, 0.3) is 0 Å². The van der Waals surface area contributed by atoms with E-state index in [0.29, 0.717) is 30.4 Å². The number of rotatable bonds is 6. The van der Waals surface area contributed by atoms with Crippen molar-refractivity contribution in [3.05, 3.63) is 48.0 Å². The van der Waals surface area contributed by atoms with E-state index in [1.165, 1.54) is 12.1 Å². The Bertz CT molecular complexity index is 976. The summed E-state index contributed by atoms with van der Waals surface area (Å²) >= 11 is 0. The minimum atomic E-state index is -3.72. The van der Waals surface area contributed by atoms with Crippen LogP contribution in [0.3, 0.4) is 0 Å². The second-order valence-electron chi connectivity index (χ2n) is 6.97. The van der Waals surface area contributed by atoms with Gasteiger partial charge in [-0.05, 0) is 43.8 Å². The van der Waals surface area contributed by atoms with Crippen molar-refractivity contribution in [2.24, 2.45) is 5.14 Å². The number of nitrogens with zero attached hydrogens (tertiary/aromatic N) is 1. The van der Waals surface area contributed by atoms with E-state index in [4.69, 9.17) is 14.6 Å². The molecule has 29 heavy (non-hydrogen) atoms. The van der Waals surface area contributed by atoms with Crippen molar-refractivity contribution < 1.29 is 22.7 Å². The van der Waals surface area contributed by atoms with Gasteiger partial charge in [-0.15, -0.1) is 0 Å². The van der Waals surface area contributed by atoms with Gasteiger partial charge in [0.25, 0.3) is 0 Å². The number of likely N-dealkylation sites (N-methyl/N-ethyl adjacent to an activating group) is 1. The van der Waals surface area contributed by atoms with E-state index < -0.39 is 10.0 Å². The molecule has 1 aliphatic heterocycles. The summed E-state index contributed by atoms with van der Waals surface area (Å²) in [6, 6.07) is 11.6. The number of sulfonamides is 1. The number of nitrogens with one attached hydrogen (secondary N) is 1. The summed E-state index contributed by atoms with van der Waals surface area (Å²) in [4.78, 5) is 14.4. The van der Waals surface area contributed by atoms with Crippen LogP contribution >= 0.6 is 0 Å². The maximum absolute atomic E-state index is 12.5. The summed E-state index contributed by atoms with van der Waals surface area (Å²) in [5, 5.41) is 7.99. The molecule has 1 aliphatic rings. The number of nitrogens with two attached hydrogens (primary N) is 1. The van der Waals surface area contributed by atoms with Crippen molar-refractivity contribution in [2.45, 2.75) is 24.3 Å². The number of carbonyl (C=O) groups excluding carboxylic acids is 1. The lowest BCUT2D eigenvalue weighted by Gasteiger charge is -2.24. The van der Waals surface area contributed by atoms with E-state index in [9.17, 15) is 13.2 Å². The monoisotopic (exact) mass is 419 g/mol. The van der Waals surface area contributed by atoms with Crippen molar-refractivity contribution in [1.82, 2.24) is 4.90 Å². The summed E-state index contributed by atoms with van der Waals surface area (Å²) < 4.78 is 34.0. The third kappa shape index (κ3) is 5.47. The molecule has 0 bridgehead atoms. The first kappa shape index (κ1) is 21.1. The summed E-state index contributed by atoms with van der Waals surface area (Å²) in [6.45, 7) is 3.29. The first-order valence-corrected chi connectivity index (χ1v) is 10.8. The molecule has 0 aromatic heterocycles. The molecule has 156 valence electrons. The molecule has 1 heterocycles. The molecule has 9 heteroatoms. The molecule has 0 fully saturated rings. The van der Waals surface area contributed by atoms with Crippen LogP contribution in [0.4, 0.5) is 5.69 Å². The van der Waals surface area contributed by atoms with Gasteiger partial charge in [0.05, 0.1) is 24.7 Å². The Labute approximate surface area is 170 Å². The number of ether oxygens (including phenoxy) is 2. The molecule has 1 atom stereocenters. The van der Waals surface area contributed by atoms with Gasteiger partial charge in [0.15, 0.2) is 11.5 Å². The van der Waals surface area contributed by atoms with E-state index in [1.807, 2.05) is 18.9 Å². The minimum Gasteiger partial charge on any atom is -0.490 e. The van der Waals surface area contributed by atoms with Crippen molar-refractivity contribution in [2.75, 3.05) is 32.1 Å². The van der Waals surface area contributed by atoms with E-state index in [2.05, 4.69) is 5.32 Å². The van der Waals surface area contributed by atoms with Gasteiger partial charge in [-0.3, -0.25) is 9.69 Å². The Kier molecular flexibility index (Phi) is 6.41. The zero-order valence-corrected chi connectivity index (χ0v) is 17.2. The molecule has 0 radical (unpaired) electrons. The van der Waals surface area contributed by atoms with Crippen molar-refractivity contribution >= 4 is 21.6 Å². The molecule has 1 amide bonds. The van der Waals surface area contributed by atoms with Crippen molar-refractivity contribution in [1.29, 1.82) is 0 Å². The number of carbonyl (C=O) groups is 1. The Hall–Kier alpha value is -2.62. The summed E-state index contributed by atoms with van der Waals surface area (Å²) in [7, 11) is -1.90. The van der Waals surface area contributed by atoms with E-state index >= 15 is 0 Å². The Balaban J connectivity index is 1.60.